The molecule has 1 heterocycles. The minimum absolute atomic E-state index is 0.427. The van der Waals surface area contributed by atoms with Gasteiger partial charge in [0.25, 0.3) is 0 Å². The number of nitrogens with two attached hydrogens (primary N) is 1. The summed E-state index contributed by atoms with van der Waals surface area (Å²) in [5.41, 5.74) is 7.80. The summed E-state index contributed by atoms with van der Waals surface area (Å²) in [5.74, 6) is 0.427. The fourth-order valence-electron chi connectivity index (χ4n) is 1.11. The largest absolute Gasteiger partial charge is 0.370 e. The third kappa shape index (κ3) is 4.26. The summed E-state index contributed by atoms with van der Waals surface area (Å²) in [5, 5.41) is 2.91. The highest BCUT2D eigenvalue weighted by molar-refractivity contribution is 5.77. The summed E-state index contributed by atoms with van der Waals surface area (Å²) < 4.78 is 0. The molecule has 4 nitrogen and oxygen atoms in total. The molecule has 3 N–H and O–H groups in total. The lowest BCUT2D eigenvalue weighted by Crippen LogP contribution is -2.31. The van der Waals surface area contributed by atoms with Crippen LogP contribution in [0.3, 0.4) is 0 Å². The molecule has 80 valence electrons. The maximum Gasteiger partial charge on any atom is 0.189 e. The SMILES string of the molecule is C=CCNC(N)=NCc1cncc(C)c1. The summed E-state index contributed by atoms with van der Waals surface area (Å²) in [6.07, 6.45) is 5.33. The van der Waals surface area contributed by atoms with Crippen LogP contribution in [-0.4, -0.2) is 17.5 Å². The van der Waals surface area contributed by atoms with Crippen molar-refractivity contribution in [1.82, 2.24) is 10.3 Å². The van der Waals surface area contributed by atoms with Gasteiger partial charge in [-0.1, -0.05) is 12.1 Å². The van der Waals surface area contributed by atoms with Gasteiger partial charge in [0.1, 0.15) is 0 Å². The van der Waals surface area contributed by atoms with E-state index >= 15 is 0 Å². The number of hydrogen-bond donors (Lipinski definition) is 2. The van der Waals surface area contributed by atoms with Crippen LogP contribution in [0.25, 0.3) is 0 Å². The highest BCUT2D eigenvalue weighted by Gasteiger charge is 1.93. The van der Waals surface area contributed by atoms with E-state index in [4.69, 9.17) is 5.73 Å². The van der Waals surface area contributed by atoms with Gasteiger partial charge in [-0.2, -0.15) is 0 Å². The Kier molecular flexibility index (Phi) is 4.34. The Morgan fingerprint density at radius 3 is 3.13 bits per heavy atom. The maximum atomic E-state index is 5.62. The van der Waals surface area contributed by atoms with Gasteiger partial charge < -0.3 is 11.1 Å². The molecule has 0 aromatic carbocycles. The molecule has 0 amide bonds. The number of nitrogens with zero attached hydrogens (tertiary/aromatic N) is 2. The van der Waals surface area contributed by atoms with Gasteiger partial charge in [-0.05, 0) is 18.1 Å². The Hall–Kier alpha value is -1.84. The van der Waals surface area contributed by atoms with E-state index < -0.39 is 0 Å². The molecular weight excluding hydrogens is 188 g/mol. The van der Waals surface area contributed by atoms with Crippen molar-refractivity contribution in [2.75, 3.05) is 6.54 Å². The number of rotatable bonds is 4. The second kappa shape index (κ2) is 5.80. The molecule has 0 spiro atoms. The Balaban J connectivity index is 2.51. The van der Waals surface area contributed by atoms with Crippen molar-refractivity contribution in [2.24, 2.45) is 10.7 Å². The van der Waals surface area contributed by atoms with Gasteiger partial charge in [-0.25, -0.2) is 4.99 Å². The average molecular weight is 204 g/mol. The van der Waals surface area contributed by atoms with Crippen LogP contribution in [0.1, 0.15) is 11.1 Å². The Morgan fingerprint density at radius 2 is 2.47 bits per heavy atom. The van der Waals surface area contributed by atoms with Gasteiger partial charge in [0.2, 0.25) is 0 Å². The van der Waals surface area contributed by atoms with Gasteiger partial charge in [-0.3, -0.25) is 4.98 Å². The highest BCUT2D eigenvalue weighted by atomic mass is 15.1. The molecule has 0 unspecified atom stereocenters. The molecule has 0 saturated carbocycles. The Labute approximate surface area is 89.9 Å². The topological polar surface area (TPSA) is 63.3 Å². The Bertz CT molecular complexity index is 357. The molecule has 0 aliphatic rings. The number of hydrogen-bond acceptors (Lipinski definition) is 2. The fraction of sp³-hybridized carbons (Fsp3) is 0.273. The number of aryl methyl sites for hydroxylation is 1. The van der Waals surface area contributed by atoms with Crippen LogP contribution >= 0.6 is 0 Å². The average Bonchev–Trinajstić information content (AvgIpc) is 2.23. The van der Waals surface area contributed by atoms with E-state index in [2.05, 4.69) is 21.9 Å². The number of aliphatic imine (C=N–C) groups is 1. The molecule has 0 atom stereocenters. The van der Waals surface area contributed by atoms with E-state index in [0.717, 1.165) is 11.1 Å². The number of pyridine rings is 1. The van der Waals surface area contributed by atoms with Crippen LogP contribution in [0.5, 0.6) is 0 Å². The van der Waals surface area contributed by atoms with E-state index in [9.17, 15) is 0 Å². The zero-order valence-electron chi connectivity index (χ0n) is 8.90. The second-order valence-corrected chi connectivity index (χ2v) is 3.24. The normalized spacial score (nSPS) is 11.1. The first-order chi connectivity index (χ1) is 7.22. The van der Waals surface area contributed by atoms with E-state index in [-0.39, 0.29) is 0 Å². The standard InChI is InChI=1S/C11H16N4/c1-3-4-14-11(12)15-8-10-5-9(2)6-13-7-10/h3,5-7H,1,4,8H2,2H3,(H3,12,14,15). The number of aromatic nitrogens is 1. The molecule has 0 radical (unpaired) electrons. The Morgan fingerprint density at radius 1 is 1.67 bits per heavy atom. The van der Waals surface area contributed by atoms with Crippen molar-refractivity contribution < 1.29 is 0 Å². The first kappa shape index (κ1) is 11.2. The lowest BCUT2D eigenvalue weighted by atomic mass is 10.2. The molecule has 0 aliphatic heterocycles. The monoisotopic (exact) mass is 204 g/mol. The maximum absolute atomic E-state index is 5.62. The van der Waals surface area contributed by atoms with Crippen LogP contribution in [0.4, 0.5) is 0 Å². The van der Waals surface area contributed by atoms with Crippen molar-refractivity contribution >= 4 is 5.96 Å². The first-order valence-electron chi connectivity index (χ1n) is 4.77. The smallest absolute Gasteiger partial charge is 0.189 e. The lowest BCUT2D eigenvalue weighted by Gasteiger charge is -2.02. The summed E-state index contributed by atoms with van der Waals surface area (Å²) >= 11 is 0. The minimum atomic E-state index is 0.427. The number of nitrogens with one attached hydrogen (secondary N) is 1. The fourth-order valence-corrected chi connectivity index (χ4v) is 1.11. The summed E-state index contributed by atoms with van der Waals surface area (Å²) in [7, 11) is 0. The van der Waals surface area contributed by atoms with Crippen LogP contribution < -0.4 is 11.1 Å². The summed E-state index contributed by atoms with van der Waals surface area (Å²) in [4.78, 5) is 8.25. The molecule has 1 aromatic heterocycles. The predicted molar refractivity (Wildman–Crippen MR) is 62.5 cm³/mol. The second-order valence-electron chi connectivity index (χ2n) is 3.24. The third-order valence-electron chi connectivity index (χ3n) is 1.79. The van der Waals surface area contributed by atoms with Gasteiger partial charge in [0.05, 0.1) is 6.54 Å². The van der Waals surface area contributed by atoms with E-state index in [1.807, 2.05) is 19.2 Å². The zero-order chi connectivity index (χ0) is 11.1. The highest BCUT2D eigenvalue weighted by Crippen LogP contribution is 2.02. The van der Waals surface area contributed by atoms with Gasteiger partial charge in [-0.15, -0.1) is 6.58 Å². The van der Waals surface area contributed by atoms with E-state index in [1.165, 1.54) is 0 Å². The molecule has 0 bridgehead atoms. The van der Waals surface area contributed by atoms with Crippen molar-refractivity contribution in [3.63, 3.8) is 0 Å². The van der Waals surface area contributed by atoms with Crippen LogP contribution in [-0.2, 0) is 6.54 Å². The molecular formula is C11H16N4. The van der Waals surface area contributed by atoms with Gasteiger partial charge >= 0.3 is 0 Å². The first-order valence-corrected chi connectivity index (χ1v) is 4.77. The van der Waals surface area contributed by atoms with Gasteiger partial charge in [0.15, 0.2) is 5.96 Å². The molecule has 1 rings (SSSR count). The minimum Gasteiger partial charge on any atom is -0.370 e. The van der Waals surface area contributed by atoms with Crippen molar-refractivity contribution in [1.29, 1.82) is 0 Å². The molecule has 15 heavy (non-hydrogen) atoms. The molecule has 1 aromatic rings. The van der Waals surface area contributed by atoms with Crippen LogP contribution in [0.2, 0.25) is 0 Å². The van der Waals surface area contributed by atoms with Crippen molar-refractivity contribution in [3.8, 4) is 0 Å². The summed E-state index contributed by atoms with van der Waals surface area (Å²) in [6.45, 7) is 6.75. The zero-order valence-corrected chi connectivity index (χ0v) is 8.90. The van der Waals surface area contributed by atoms with Crippen molar-refractivity contribution in [3.05, 3.63) is 42.2 Å². The third-order valence-corrected chi connectivity index (χ3v) is 1.79. The van der Waals surface area contributed by atoms with E-state index in [0.29, 0.717) is 19.0 Å². The predicted octanol–water partition coefficient (Wildman–Crippen LogP) is 0.980. The molecule has 4 heteroatoms. The number of guanidine groups is 1. The quantitative estimate of drug-likeness (QED) is 0.436. The van der Waals surface area contributed by atoms with E-state index in [1.54, 1.807) is 12.3 Å². The molecule has 0 aliphatic carbocycles. The summed E-state index contributed by atoms with van der Waals surface area (Å²) in [6, 6.07) is 2.04. The van der Waals surface area contributed by atoms with Crippen LogP contribution in [0, 0.1) is 6.92 Å². The van der Waals surface area contributed by atoms with Crippen LogP contribution in [0.15, 0.2) is 36.1 Å². The molecule has 0 fully saturated rings. The molecule has 0 saturated heterocycles. The lowest BCUT2D eigenvalue weighted by molar-refractivity contribution is 0.962. The van der Waals surface area contributed by atoms with Gasteiger partial charge in [0, 0.05) is 18.9 Å². The van der Waals surface area contributed by atoms with Crippen molar-refractivity contribution in [2.45, 2.75) is 13.5 Å².